The van der Waals surface area contributed by atoms with Crippen LogP contribution in [0.15, 0.2) is 12.1 Å². The van der Waals surface area contributed by atoms with Crippen molar-refractivity contribution in [1.29, 1.82) is 0 Å². The molecule has 1 aromatic heterocycles. The second kappa shape index (κ2) is 6.86. The predicted octanol–water partition coefficient (Wildman–Crippen LogP) is 2.49. The fourth-order valence-electron chi connectivity index (χ4n) is 0.686. The number of hydrogen-bond donors (Lipinski definition) is 1. The Kier molecular flexibility index (Phi) is 6.21. The molecular formula is C9H14F3N3O. The van der Waals surface area contributed by atoms with Gasteiger partial charge >= 0.3 is 6.18 Å². The quantitative estimate of drug-likeness (QED) is 0.877. The van der Waals surface area contributed by atoms with Crippen LogP contribution in [0.25, 0.3) is 0 Å². The molecule has 0 radical (unpaired) electrons. The van der Waals surface area contributed by atoms with Crippen LogP contribution >= 0.6 is 0 Å². The smallest absolute Gasteiger partial charge is 0.422 e. The van der Waals surface area contributed by atoms with E-state index in [1.54, 1.807) is 7.05 Å². The number of rotatable bonds is 3. The molecule has 0 aliphatic rings. The third-order valence-electron chi connectivity index (χ3n) is 1.28. The SMILES string of the molecule is CC.CNc1ccc(OCC(F)(F)F)nn1. The number of hydrogen-bond acceptors (Lipinski definition) is 4. The first-order valence-corrected chi connectivity index (χ1v) is 4.72. The van der Waals surface area contributed by atoms with Gasteiger partial charge in [0.25, 0.3) is 0 Å². The van der Waals surface area contributed by atoms with Crippen LogP contribution in [-0.2, 0) is 0 Å². The minimum atomic E-state index is -4.36. The molecule has 1 N–H and O–H groups in total. The summed E-state index contributed by atoms with van der Waals surface area (Å²) in [6.45, 7) is 2.64. The van der Waals surface area contributed by atoms with E-state index in [2.05, 4.69) is 20.3 Å². The number of anilines is 1. The summed E-state index contributed by atoms with van der Waals surface area (Å²) in [7, 11) is 1.63. The molecule has 0 atom stereocenters. The molecule has 0 saturated heterocycles. The highest BCUT2D eigenvalue weighted by atomic mass is 19.4. The molecular weight excluding hydrogens is 223 g/mol. The van der Waals surface area contributed by atoms with Gasteiger partial charge in [0.1, 0.15) is 5.82 Å². The topological polar surface area (TPSA) is 47.0 Å². The van der Waals surface area contributed by atoms with Gasteiger partial charge in [-0.25, -0.2) is 0 Å². The van der Waals surface area contributed by atoms with Gasteiger partial charge in [0.05, 0.1) is 0 Å². The molecule has 0 aromatic carbocycles. The van der Waals surface area contributed by atoms with E-state index in [9.17, 15) is 13.2 Å². The van der Waals surface area contributed by atoms with Crippen LogP contribution in [0.1, 0.15) is 13.8 Å². The molecule has 0 amide bonds. The highest BCUT2D eigenvalue weighted by Gasteiger charge is 2.28. The van der Waals surface area contributed by atoms with Crippen LogP contribution < -0.4 is 10.1 Å². The lowest BCUT2D eigenvalue weighted by atomic mass is 10.5. The summed E-state index contributed by atoms with van der Waals surface area (Å²) in [6.07, 6.45) is -4.36. The molecule has 1 heterocycles. The van der Waals surface area contributed by atoms with Gasteiger partial charge in [-0.2, -0.15) is 13.2 Å². The van der Waals surface area contributed by atoms with Crippen molar-refractivity contribution < 1.29 is 17.9 Å². The van der Waals surface area contributed by atoms with Crippen LogP contribution in [0.5, 0.6) is 5.88 Å². The Morgan fingerprint density at radius 3 is 2.25 bits per heavy atom. The molecule has 0 unspecified atom stereocenters. The second-order valence-corrected chi connectivity index (χ2v) is 2.41. The van der Waals surface area contributed by atoms with Gasteiger partial charge in [-0.05, 0) is 6.07 Å². The Bertz CT molecular complexity index is 287. The zero-order valence-electron chi connectivity index (χ0n) is 9.30. The van der Waals surface area contributed by atoms with E-state index in [4.69, 9.17) is 0 Å². The molecule has 7 heteroatoms. The Labute approximate surface area is 91.8 Å². The van der Waals surface area contributed by atoms with Crippen molar-refractivity contribution in [2.75, 3.05) is 19.0 Å². The van der Waals surface area contributed by atoms with Gasteiger partial charge < -0.3 is 10.1 Å². The number of nitrogens with zero attached hydrogens (tertiary/aromatic N) is 2. The number of halogens is 3. The zero-order chi connectivity index (χ0) is 12.6. The van der Waals surface area contributed by atoms with Crippen LogP contribution in [0.4, 0.5) is 19.0 Å². The lowest BCUT2D eigenvalue weighted by molar-refractivity contribution is -0.154. The molecule has 0 aliphatic heterocycles. The summed E-state index contributed by atoms with van der Waals surface area (Å²) in [4.78, 5) is 0. The third-order valence-corrected chi connectivity index (χ3v) is 1.28. The summed E-state index contributed by atoms with van der Waals surface area (Å²) in [5.74, 6) is 0.311. The normalized spacial score (nSPS) is 10.1. The maximum Gasteiger partial charge on any atom is 0.422 e. The fourth-order valence-corrected chi connectivity index (χ4v) is 0.686. The predicted molar refractivity (Wildman–Crippen MR) is 54.5 cm³/mol. The lowest BCUT2D eigenvalue weighted by Gasteiger charge is -2.07. The van der Waals surface area contributed by atoms with Crippen LogP contribution in [-0.4, -0.2) is 30.0 Å². The average molecular weight is 237 g/mol. The molecule has 0 spiro atoms. The van der Waals surface area contributed by atoms with Crippen LogP contribution in [0.3, 0.4) is 0 Å². The van der Waals surface area contributed by atoms with Crippen molar-refractivity contribution in [3.05, 3.63) is 12.1 Å². The molecule has 1 rings (SSSR count). The highest BCUT2D eigenvalue weighted by molar-refractivity contribution is 5.32. The summed E-state index contributed by atoms with van der Waals surface area (Å²) in [5, 5.41) is 9.64. The van der Waals surface area contributed by atoms with E-state index < -0.39 is 12.8 Å². The van der Waals surface area contributed by atoms with E-state index in [1.165, 1.54) is 12.1 Å². The van der Waals surface area contributed by atoms with Crippen molar-refractivity contribution in [3.63, 3.8) is 0 Å². The minimum Gasteiger partial charge on any atom is -0.467 e. The minimum absolute atomic E-state index is 0.152. The highest BCUT2D eigenvalue weighted by Crippen LogP contribution is 2.16. The fraction of sp³-hybridized carbons (Fsp3) is 0.556. The van der Waals surface area contributed by atoms with E-state index in [1.807, 2.05) is 13.8 Å². The van der Waals surface area contributed by atoms with Crippen molar-refractivity contribution in [2.45, 2.75) is 20.0 Å². The first-order chi connectivity index (χ1) is 7.51. The average Bonchev–Trinajstić information content (AvgIpc) is 2.29. The Morgan fingerprint density at radius 2 is 1.88 bits per heavy atom. The van der Waals surface area contributed by atoms with Gasteiger partial charge in [0.2, 0.25) is 5.88 Å². The van der Waals surface area contributed by atoms with Gasteiger partial charge in [-0.3, -0.25) is 0 Å². The molecule has 16 heavy (non-hydrogen) atoms. The number of alkyl halides is 3. The first kappa shape index (κ1) is 14.5. The molecule has 0 aliphatic carbocycles. The van der Waals surface area contributed by atoms with Gasteiger partial charge in [-0.15, -0.1) is 10.2 Å². The third kappa shape index (κ3) is 6.05. The summed E-state index contributed by atoms with van der Waals surface area (Å²) in [5.41, 5.74) is 0. The molecule has 0 bridgehead atoms. The maximum atomic E-state index is 11.7. The summed E-state index contributed by atoms with van der Waals surface area (Å²) >= 11 is 0. The Morgan fingerprint density at radius 1 is 1.25 bits per heavy atom. The zero-order valence-corrected chi connectivity index (χ0v) is 9.30. The largest absolute Gasteiger partial charge is 0.467 e. The Balaban J connectivity index is 0.00000106. The number of ether oxygens (including phenoxy) is 1. The van der Waals surface area contributed by atoms with Crippen LogP contribution in [0.2, 0.25) is 0 Å². The molecule has 0 saturated carbocycles. The van der Waals surface area contributed by atoms with Crippen molar-refractivity contribution in [1.82, 2.24) is 10.2 Å². The standard InChI is InChI=1S/C7H8F3N3O.C2H6/c1-11-5-2-3-6(13-12-5)14-4-7(8,9)10;1-2/h2-3H,4H2,1H3,(H,11,12);1-2H3. The van der Waals surface area contributed by atoms with Gasteiger partial charge in [-0.1, -0.05) is 13.8 Å². The monoisotopic (exact) mass is 237 g/mol. The molecule has 92 valence electrons. The van der Waals surface area contributed by atoms with E-state index in [-0.39, 0.29) is 5.88 Å². The van der Waals surface area contributed by atoms with Gasteiger partial charge in [0.15, 0.2) is 6.61 Å². The number of nitrogens with one attached hydrogen (secondary N) is 1. The van der Waals surface area contributed by atoms with Crippen molar-refractivity contribution in [3.8, 4) is 5.88 Å². The molecule has 0 fully saturated rings. The lowest BCUT2D eigenvalue weighted by Crippen LogP contribution is -2.19. The van der Waals surface area contributed by atoms with Crippen molar-refractivity contribution in [2.24, 2.45) is 0 Å². The maximum absolute atomic E-state index is 11.7. The first-order valence-electron chi connectivity index (χ1n) is 4.72. The summed E-state index contributed by atoms with van der Waals surface area (Å²) in [6, 6.07) is 2.78. The van der Waals surface area contributed by atoms with E-state index in [0.29, 0.717) is 5.82 Å². The van der Waals surface area contributed by atoms with E-state index in [0.717, 1.165) is 0 Å². The summed E-state index contributed by atoms with van der Waals surface area (Å²) < 4.78 is 39.4. The van der Waals surface area contributed by atoms with Crippen molar-refractivity contribution >= 4 is 5.82 Å². The molecule has 4 nitrogen and oxygen atoms in total. The van der Waals surface area contributed by atoms with E-state index >= 15 is 0 Å². The Hall–Kier alpha value is -1.53. The number of aromatic nitrogens is 2. The van der Waals surface area contributed by atoms with Gasteiger partial charge in [0, 0.05) is 13.1 Å². The molecule has 1 aromatic rings. The van der Waals surface area contributed by atoms with Crippen LogP contribution in [0, 0.1) is 0 Å². The second-order valence-electron chi connectivity index (χ2n) is 2.41.